The summed E-state index contributed by atoms with van der Waals surface area (Å²) in [6, 6.07) is 1.87. The van der Waals surface area contributed by atoms with Crippen molar-refractivity contribution in [3.8, 4) is 0 Å². The van der Waals surface area contributed by atoms with Crippen LogP contribution in [-0.2, 0) is 11.8 Å². The molecule has 0 bridgehead atoms. The number of fused-ring (bicyclic) bond motifs is 1. The topological polar surface area (TPSA) is 71.3 Å². The van der Waals surface area contributed by atoms with Gasteiger partial charge in [0, 0.05) is 45.5 Å². The summed E-state index contributed by atoms with van der Waals surface area (Å²) in [5.41, 5.74) is 2.93. The first-order valence-electron chi connectivity index (χ1n) is 8.22. The number of rotatable bonds is 4. The minimum absolute atomic E-state index is 0.0724. The molecule has 2 aromatic heterocycles. The summed E-state index contributed by atoms with van der Waals surface area (Å²) in [5, 5.41) is 5.26. The molecular formula is C17H23N5O2. The summed E-state index contributed by atoms with van der Waals surface area (Å²) < 4.78 is 1.73. The van der Waals surface area contributed by atoms with Gasteiger partial charge in [0.1, 0.15) is 0 Å². The van der Waals surface area contributed by atoms with Crippen LogP contribution in [0.5, 0.6) is 0 Å². The van der Waals surface area contributed by atoms with Crippen LogP contribution in [0.15, 0.2) is 6.07 Å². The number of pyridine rings is 1. The maximum absolute atomic E-state index is 12.8. The van der Waals surface area contributed by atoms with E-state index in [9.17, 15) is 9.59 Å². The molecule has 128 valence electrons. The van der Waals surface area contributed by atoms with E-state index in [1.165, 1.54) is 0 Å². The molecule has 0 aromatic carbocycles. The maximum Gasteiger partial charge on any atom is 0.255 e. The number of likely N-dealkylation sites (tertiary alicyclic amines) is 1. The van der Waals surface area contributed by atoms with Crippen LogP contribution in [-0.4, -0.2) is 63.1 Å². The largest absolute Gasteiger partial charge is 0.341 e. The number of hydrogen-bond acceptors (Lipinski definition) is 4. The van der Waals surface area contributed by atoms with Crippen LogP contribution in [0.2, 0.25) is 0 Å². The monoisotopic (exact) mass is 329 g/mol. The summed E-state index contributed by atoms with van der Waals surface area (Å²) in [7, 11) is 3.62. The van der Waals surface area contributed by atoms with Gasteiger partial charge in [-0.2, -0.15) is 5.10 Å². The Hall–Kier alpha value is -2.44. The second kappa shape index (κ2) is 6.22. The molecule has 2 amide bonds. The number of likely N-dealkylation sites (N-methyl/N-ethyl adjacent to an activating group) is 1. The Morgan fingerprint density at radius 1 is 1.33 bits per heavy atom. The van der Waals surface area contributed by atoms with E-state index in [1.807, 2.05) is 31.9 Å². The van der Waals surface area contributed by atoms with Crippen LogP contribution in [0.3, 0.4) is 0 Å². The zero-order chi connectivity index (χ0) is 17.4. The number of hydrogen-bond donors (Lipinski definition) is 0. The van der Waals surface area contributed by atoms with E-state index in [-0.39, 0.29) is 11.8 Å². The Balaban J connectivity index is 1.78. The fourth-order valence-corrected chi connectivity index (χ4v) is 3.17. The number of carbonyl (C=O) groups is 2. The van der Waals surface area contributed by atoms with Crippen molar-refractivity contribution in [3.05, 3.63) is 23.0 Å². The molecule has 1 saturated heterocycles. The van der Waals surface area contributed by atoms with Gasteiger partial charge in [-0.1, -0.05) is 0 Å². The summed E-state index contributed by atoms with van der Waals surface area (Å²) in [6.07, 6.45) is 1.54. The molecular weight excluding hydrogens is 306 g/mol. The fourth-order valence-electron chi connectivity index (χ4n) is 3.17. The molecule has 2 aromatic rings. The molecule has 7 nitrogen and oxygen atoms in total. The third kappa shape index (κ3) is 2.86. The molecule has 0 saturated carbocycles. The van der Waals surface area contributed by atoms with E-state index in [4.69, 9.17) is 0 Å². The molecule has 0 unspecified atom stereocenters. The minimum Gasteiger partial charge on any atom is -0.341 e. The van der Waals surface area contributed by atoms with E-state index < -0.39 is 0 Å². The molecule has 7 heteroatoms. The van der Waals surface area contributed by atoms with Crippen LogP contribution in [0.1, 0.15) is 34.6 Å². The first-order valence-corrected chi connectivity index (χ1v) is 8.22. The first-order chi connectivity index (χ1) is 11.4. The number of aryl methyl sites for hydroxylation is 3. The van der Waals surface area contributed by atoms with Crippen molar-refractivity contribution < 1.29 is 9.59 Å². The summed E-state index contributed by atoms with van der Waals surface area (Å²) in [4.78, 5) is 32.5. The van der Waals surface area contributed by atoms with Crippen LogP contribution < -0.4 is 0 Å². The average molecular weight is 329 g/mol. The average Bonchev–Trinajstić information content (AvgIpc) is 3.07. The molecule has 1 fully saturated rings. The molecule has 0 atom stereocenters. The lowest BCUT2D eigenvalue weighted by Crippen LogP contribution is -2.37. The van der Waals surface area contributed by atoms with Crippen molar-refractivity contribution in [2.75, 3.05) is 26.7 Å². The number of aromatic nitrogens is 3. The molecule has 0 aliphatic carbocycles. The van der Waals surface area contributed by atoms with Crippen molar-refractivity contribution in [1.29, 1.82) is 0 Å². The van der Waals surface area contributed by atoms with E-state index in [1.54, 1.807) is 16.6 Å². The van der Waals surface area contributed by atoms with E-state index in [0.717, 1.165) is 29.7 Å². The Bertz CT molecular complexity index is 811. The predicted octanol–water partition coefficient (Wildman–Crippen LogP) is 1.28. The second-order valence-electron chi connectivity index (χ2n) is 6.41. The van der Waals surface area contributed by atoms with Gasteiger partial charge in [-0.05, 0) is 26.3 Å². The highest BCUT2D eigenvalue weighted by Crippen LogP contribution is 2.20. The molecule has 1 aliphatic heterocycles. The Morgan fingerprint density at radius 2 is 2.08 bits per heavy atom. The smallest absolute Gasteiger partial charge is 0.255 e. The van der Waals surface area contributed by atoms with Crippen molar-refractivity contribution in [2.45, 2.75) is 26.7 Å². The lowest BCUT2D eigenvalue weighted by molar-refractivity contribution is -0.127. The molecule has 3 heterocycles. The minimum atomic E-state index is -0.0724. The van der Waals surface area contributed by atoms with Gasteiger partial charge in [-0.25, -0.2) is 4.98 Å². The highest BCUT2D eigenvalue weighted by atomic mass is 16.2. The van der Waals surface area contributed by atoms with Gasteiger partial charge in [0.25, 0.3) is 5.91 Å². The van der Waals surface area contributed by atoms with Crippen LogP contribution in [0.4, 0.5) is 0 Å². The second-order valence-corrected chi connectivity index (χ2v) is 6.41. The zero-order valence-corrected chi connectivity index (χ0v) is 14.7. The zero-order valence-electron chi connectivity index (χ0n) is 14.7. The normalized spacial score (nSPS) is 14.7. The number of carbonyl (C=O) groups excluding carboxylic acids is 2. The van der Waals surface area contributed by atoms with E-state index >= 15 is 0 Å². The van der Waals surface area contributed by atoms with Gasteiger partial charge in [0.2, 0.25) is 5.91 Å². The highest BCUT2D eigenvalue weighted by molar-refractivity contribution is 5.98. The van der Waals surface area contributed by atoms with Gasteiger partial charge in [-0.15, -0.1) is 0 Å². The molecule has 0 radical (unpaired) electrons. The van der Waals surface area contributed by atoms with E-state index in [0.29, 0.717) is 30.8 Å². The summed E-state index contributed by atoms with van der Waals surface area (Å²) in [5.74, 6) is 0.109. The highest BCUT2D eigenvalue weighted by Gasteiger charge is 2.22. The van der Waals surface area contributed by atoms with Gasteiger partial charge >= 0.3 is 0 Å². The van der Waals surface area contributed by atoms with Gasteiger partial charge < -0.3 is 9.80 Å². The summed E-state index contributed by atoms with van der Waals surface area (Å²) >= 11 is 0. The van der Waals surface area contributed by atoms with Crippen molar-refractivity contribution in [1.82, 2.24) is 24.6 Å². The number of amides is 2. The lowest BCUT2D eigenvalue weighted by Gasteiger charge is -2.22. The van der Waals surface area contributed by atoms with Gasteiger partial charge in [0.15, 0.2) is 5.65 Å². The van der Waals surface area contributed by atoms with Gasteiger partial charge in [0.05, 0.1) is 17.0 Å². The Kier molecular flexibility index (Phi) is 4.26. The van der Waals surface area contributed by atoms with Crippen molar-refractivity contribution in [3.63, 3.8) is 0 Å². The lowest BCUT2D eigenvalue weighted by atomic mass is 10.1. The third-order valence-electron chi connectivity index (χ3n) is 4.64. The SMILES string of the molecule is Cc1nc2c(cc1C(=O)N(C)CCN1CCCC1=O)c(C)nn2C. The summed E-state index contributed by atoms with van der Waals surface area (Å²) in [6.45, 7) is 5.65. The fraction of sp³-hybridized carbons (Fsp3) is 0.529. The molecule has 1 aliphatic rings. The Labute approximate surface area is 141 Å². The number of nitrogens with zero attached hydrogens (tertiary/aromatic N) is 5. The van der Waals surface area contributed by atoms with E-state index in [2.05, 4.69) is 10.1 Å². The standard InChI is InChI=1S/C17H23N5O2/c1-11-14(10-13-12(2)19-21(4)16(13)18-11)17(24)20(3)8-9-22-7-5-6-15(22)23/h10H,5-9H2,1-4H3. The van der Waals surface area contributed by atoms with Crippen molar-refractivity contribution >= 4 is 22.8 Å². The Morgan fingerprint density at radius 3 is 2.75 bits per heavy atom. The van der Waals surface area contributed by atoms with Gasteiger partial charge in [-0.3, -0.25) is 14.3 Å². The first kappa shape index (κ1) is 16.4. The van der Waals surface area contributed by atoms with Crippen LogP contribution in [0, 0.1) is 13.8 Å². The maximum atomic E-state index is 12.8. The van der Waals surface area contributed by atoms with Crippen LogP contribution >= 0.6 is 0 Å². The quantitative estimate of drug-likeness (QED) is 0.847. The third-order valence-corrected chi connectivity index (χ3v) is 4.64. The van der Waals surface area contributed by atoms with Crippen molar-refractivity contribution in [2.24, 2.45) is 7.05 Å². The molecule has 0 N–H and O–H groups in total. The molecule has 0 spiro atoms. The molecule has 3 rings (SSSR count). The molecule has 24 heavy (non-hydrogen) atoms. The predicted molar refractivity (Wildman–Crippen MR) is 90.8 cm³/mol. The van der Waals surface area contributed by atoms with Crippen LogP contribution in [0.25, 0.3) is 11.0 Å².